The van der Waals surface area contributed by atoms with Crippen LogP contribution < -0.4 is 4.74 Å². The number of ether oxygens (including phenoxy) is 2. The highest BCUT2D eigenvalue weighted by atomic mass is 32.2. The minimum atomic E-state index is -4.08. The van der Waals surface area contributed by atoms with Crippen molar-refractivity contribution in [3.8, 4) is 5.75 Å². The summed E-state index contributed by atoms with van der Waals surface area (Å²) in [6, 6.07) is 12.7. The number of esters is 1. The molecule has 27 heavy (non-hydrogen) atoms. The number of carbonyl (C=O) groups is 2. The van der Waals surface area contributed by atoms with E-state index in [0.29, 0.717) is 11.3 Å². The molecule has 0 bridgehead atoms. The summed E-state index contributed by atoms with van der Waals surface area (Å²) in [5, 5.41) is 0. The molecule has 1 aliphatic rings. The number of ketones is 1. The zero-order chi connectivity index (χ0) is 19.6. The van der Waals surface area contributed by atoms with Crippen LogP contribution in [0.1, 0.15) is 15.9 Å². The molecule has 140 valence electrons. The second kappa shape index (κ2) is 7.24. The maximum absolute atomic E-state index is 13.0. The minimum absolute atomic E-state index is 0.0679. The molecule has 2 aromatic carbocycles. The van der Waals surface area contributed by atoms with Gasteiger partial charge in [0.25, 0.3) is 10.0 Å². The molecule has 0 spiro atoms. The van der Waals surface area contributed by atoms with E-state index in [9.17, 15) is 18.0 Å². The van der Waals surface area contributed by atoms with Crippen LogP contribution in [0.2, 0.25) is 0 Å². The van der Waals surface area contributed by atoms with Gasteiger partial charge in [-0.3, -0.25) is 13.9 Å². The molecule has 1 heterocycles. The molecule has 3 rings (SSSR count). The lowest BCUT2D eigenvalue weighted by Gasteiger charge is -2.30. The normalized spacial score (nSPS) is 16.7. The highest BCUT2D eigenvalue weighted by Crippen LogP contribution is 2.33. The van der Waals surface area contributed by atoms with Crippen LogP contribution in [0.3, 0.4) is 0 Å². The van der Waals surface area contributed by atoms with Crippen molar-refractivity contribution in [2.75, 3.05) is 20.8 Å². The molecule has 0 fully saturated rings. The number of Topliss-reactive ketones (excluding diaryl/α,β-unsaturated/α-hetero) is 1. The largest absolute Gasteiger partial charge is 0.497 e. The van der Waals surface area contributed by atoms with Gasteiger partial charge in [-0.1, -0.05) is 24.3 Å². The van der Waals surface area contributed by atoms with Crippen molar-refractivity contribution in [1.29, 1.82) is 0 Å². The molecular formula is C19H17NO6S. The van der Waals surface area contributed by atoms with Crippen LogP contribution in [0.5, 0.6) is 5.75 Å². The number of sulfonamides is 1. The summed E-state index contributed by atoms with van der Waals surface area (Å²) >= 11 is 0. The van der Waals surface area contributed by atoms with Crippen molar-refractivity contribution in [2.24, 2.45) is 0 Å². The highest BCUT2D eigenvalue weighted by Gasteiger charge is 2.40. The Balaban J connectivity index is 2.17. The Morgan fingerprint density at radius 2 is 1.74 bits per heavy atom. The topological polar surface area (TPSA) is 90.0 Å². The van der Waals surface area contributed by atoms with Gasteiger partial charge in [-0.15, -0.1) is 0 Å². The first-order valence-electron chi connectivity index (χ1n) is 7.97. The van der Waals surface area contributed by atoms with Crippen molar-refractivity contribution in [1.82, 2.24) is 4.31 Å². The van der Waals surface area contributed by atoms with Crippen LogP contribution in [0.25, 0.3) is 6.08 Å². The third-order valence-corrected chi connectivity index (χ3v) is 5.94. The summed E-state index contributed by atoms with van der Waals surface area (Å²) in [7, 11) is -1.40. The smallest absolute Gasteiger partial charge is 0.326 e. The number of rotatable bonds is 4. The molecule has 7 nitrogen and oxygen atoms in total. The monoisotopic (exact) mass is 387 g/mol. The van der Waals surface area contributed by atoms with Crippen molar-refractivity contribution in [3.05, 3.63) is 65.4 Å². The summed E-state index contributed by atoms with van der Waals surface area (Å²) in [6.07, 6.45) is 1.43. The van der Waals surface area contributed by atoms with E-state index >= 15 is 0 Å². The third kappa shape index (κ3) is 3.43. The van der Waals surface area contributed by atoms with E-state index < -0.39 is 28.3 Å². The number of hydrogen-bond acceptors (Lipinski definition) is 6. The van der Waals surface area contributed by atoms with Crippen LogP contribution in [-0.2, 0) is 19.6 Å². The lowest BCUT2D eigenvalue weighted by molar-refractivity contribution is -0.140. The SMILES string of the molecule is COC(=O)CN1/C(=C/c2ccc(OC)cc2)C(=O)c2ccccc2S1(=O)=O. The van der Waals surface area contributed by atoms with Crippen molar-refractivity contribution in [2.45, 2.75) is 4.90 Å². The standard InChI is InChI=1S/C19H17NO6S/c1-25-14-9-7-13(8-10-14)11-16-19(22)15-5-3-4-6-17(15)27(23,24)20(16)12-18(21)26-2/h3-11H,12H2,1-2H3/b16-11+. The molecule has 0 saturated heterocycles. The summed E-state index contributed by atoms with van der Waals surface area (Å²) in [4.78, 5) is 24.6. The van der Waals surface area contributed by atoms with Crippen LogP contribution in [-0.4, -0.2) is 45.2 Å². The van der Waals surface area contributed by atoms with Crippen molar-refractivity contribution in [3.63, 3.8) is 0 Å². The number of hydrogen-bond donors (Lipinski definition) is 0. The first-order valence-corrected chi connectivity index (χ1v) is 9.41. The number of benzene rings is 2. The highest BCUT2D eigenvalue weighted by molar-refractivity contribution is 7.89. The number of fused-ring (bicyclic) bond motifs is 1. The van der Waals surface area contributed by atoms with Crippen LogP contribution in [0.4, 0.5) is 0 Å². The zero-order valence-electron chi connectivity index (χ0n) is 14.7. The Bertz CT molecular complexity index is 1020. The first kappa shape index (κ1) is 18.7. The molecule has 0 radical (unpaired) electrons. The van der Waals surface area contributed by atoms with Gasteiger partial charge in [-0.05, 0) is 35.9 Å². The Hall–Kier alpha value is -3.13. The van der Waals surface area contributed by atoms with E-state index in [2.05, 4.69) is 4.74 Å². The van der Waals surface area contributed by atoms with Crippen LogP contribution in [0, 0.1) is 0 Å². The van der Waals surface area contributed by atoms with E-state index in [4.69, 9.17) is 4.74 Å². The maximum atomic E-state index is 13.0. The Kier molecular flexibility index (Phi) is 5.00. The Morgan fingerprint density at radius 3 is 2.37 bits per heavy atom. The van der Waals surface area contributed by atoms with Crippen LogP contribution in [0.15, 0.2) is 59.1 Å². The zero-order valence-corrected chi connectivity index (χ0v) is 15.5. The van der Waals surface area contributed by atoms with E-state index in [-0.39, 0.29) is 16.2 Å². The van der Waals surface area contributed by atoms with Gasteiger partial charge in [0.15, 0.2) is 0 Å². The molecule has 0 unspecified atom stereocenters. The first-order chi connectivity index (χ1) is 12.9. The van der Waals surface area contributed by atoms with E-state index in [1.54, 1.807) is 30.3 Å². The van der Waals surface area contributed by atoms with Crippen LogP contribution >= 0.6 is 0 Å². The molecule has 8 heteroatoms. The second-order valence-corrected chi connectivity index (χ2v) is 7.55. The fourth-order valence-corrected chi connectivity index (χ4v) is 4.32. The van der Waals surface area contributed by atoms with Gasteiger partial charge >= 0.3 is 5.97 Å². The number of nitrogens with zero attached hydrogens (tertiary/aromatic N) is 1. The molecule has 0 saturated carbocycles. The summed E-state index contributed by atoms with van der Waals surface area (Å²) in [5.74, 6) is -0.636. The molecule has 1 aliphatic heterocycles. The number of methoxy groups -OCH3 is 2. The van der Waals surface area contributed by atoms with Gasteiger partial charge < -0.3 is 9.47 Å². The predicted molar refractivity (Wildman–Crippen MR) is 97.7 cm³/mol. The van der Waals surface area contributed by atoms with Crippen molar-refractivity contribution < 1.29 is 27.5 Å². The quantitative estimate of drug-likeness (QED) is 0.590. The third-order valence-electron chi connectivity index (χ3n) is 4.12. The summed E-state index contributed by atoms with van der Waals surface area (Å²) in [5.41, 5.74) is 0.534. The molecule has 0 amide bonds. The Labute approximate surface area is 156 Å². The Morgan fingerprint density at radius 1 is 1.07 bits per heavy atom. The molecular weight excluding hydrogens is 370 g/mol. The molecule has 0 N–H and O–H groups in total. The van der Waals surface area contributed by atoms with Gasteiger partial charge in [0.2, 0.25) is 5.78 Å². The van der Waals surface area contributed by atoms with Crippen molar-refractivity contribution >= 4 is 27.9 Å². The van der Waals surface area contributed by atoms with Gasteiger partial charge in [0.1, 0.15) is 18.0 Å². The fraction of sp³-hybridized carbons (Fsp3) is 0.158. The lowest BCUT2D eigenvalue weighted by atomic mass is 10.1. The summed E-state index contributed by atoms with van der Waals surface area (Å²) < 4.78 is 36.5. The predicted octanol–water partition coefficient (Wildman–Crippen LogP) is 2.10. The van der Waals surface area contributed by atoms with E-state index in [1.807, 2.05) is 0 Å². The second-order valence-electron chi connectivity index (χ2n) is 5.72. The molecule has 0 atom stereocenters. The van der Waals surface area contributed by atoms with Gasteiger partial charge in [0, 0.05) is 5.56 Å². The average molecular weight is 387 g/mol. The average Bonchev–Trinajstić information content (AvgIpc) is 2.69. The number of allylic oxidation sites excluding steroid dienone is 1. The van der Waals surface area contributed by atoms with Gasteiger partial charge in [0.05, 0.1) is 19.1 Å². The fourth-order valence-electron chi connectivity index (χ4n) is 2.73. The minimum Gasteiger partial charge on any atom is -0.497 e. The van der Waals surface area contributed by atoms with E-state index in [1.165, 1.54) is 31.4 Å². The molecule has 0 aliphatic carbocycles. The van der Waals surface area contributed by atoms with E-state index in [0.717, 1.165) is 11.4 Å². The van der Waals surface area contributed by atoms with Gasteiger partial charge in [-0.2, -0.15) is 0 Å². The van der Waals surface area contributed by atoms with Gasteiger partial charge in [-0.25, -0.2) is 8.42 Å². The maximum Gasteiger partial charge on any atom is 0.326 e. The summed E-state index contributed by atoms with van der Waals surface area (Å²) in [6.45, 7) is -0.596. The number of carbonyl (C=O) groups excluding carboxylic acids is 2. The molecule has 0 aromatic heterocycles. The molecule has 2 aromatic rings. The lowest BCUT2D eigenvalue weighted by Crippen LogP contribution is -2.42.